The van der Waals surface area contributed by atoms with E-state index in [4.69, 9.17) is 5.73 Å². The van der Waals surface area contributed by atoms with Crippen LogP contribution in [0.15, 0.2) is 10.7 Å². The number of rotatable bonds is 4. The fourth-order valence-electron chi connectivity index (χ4n) is 2.69. The van der Waals surface area contributed by atoms with E-state index in [0.717, 1.165) is 22.5 Å². The van der Waals surface area contributed by atoms with E-state index in [1.54, 1.807) is 0 Å². The van der Waals surface area contributed by atoms with Crippen LogP contribution in [0.25, 0.3) is 0 Å². The van der Waals surface area contributed by atoms with E-state index in [-0.39, 0.29) is 6.04 Å². The molecule has 1 unspecified atom stereocenters. The van der Waals surface area contributed by atoms with Crippen LogP contribution in [0.2, 0.25) is 0 Å². The normalized spacial score (nSPS) is 19.2. The zero-order valence-electron chi connectivity index (χ0n) is 9.82. The van der Waals surface area contributed by atoms with Crippen molar-refractivity contribution in [2.75, 3.05) is 0 Å². The molecule has 0 bridgehead atoms. The standard InChI is InChI=1S/C12H20BrN3/c1-16-12(10(13)8-15-16)11(14)7-6-9-4-2-3-5-9/h8-9,11H,2-7,14H2,1H3. The predicted molar refractivity (Wildman–Crippen MR) is 69.0 cm³/mol. The van der Waals surface area contributed by atoms with Crippen molar-refractivity contribution in [1.29, 1.82) is 0 Å². The molecule has 0 aliphatic heterocycles. The van der Waals surface area contributed by atoms with Gasteiger partial charge in [-0.05, 0) is 34.7 Å². The first kappa shape index (κ1) is 12.1. The average Bonchev–Trinajstić information content (AvgIpc) is 2.86. The second kappa shape index (κ2) is 5.32. The van der Waals surface area contributed by atoms with Crippen LogP contribution in [0.1, 0.15) is 50.3 Å². The van der Waals surface area contributed by atoms with Crippen LogP contribution in [-0.2, 0) is 7.05 Å². The summed E-state index contributed by atoms with van der Waals surface area (Å²) in [4.78, 5) is 0. The molecule has 1 aromatic heterocycles. The Bertz CT molecular complexity index is 323. The maximum Gasteiger partial charge on any atom is 0.0690 e. The number of aromatic nitrogens is 2. The van der Waals surface area contributed by atoms with Gasteiger partial charge < -0.3 is 5.73 Å². The van der Waals surface area contributed by atoms with Gasteiger partial charge in [-0.15, -0.1) is 0 Å². The van der Waals surface area contributed by atoms with Gasteiger partial charge in [0.25, 0.3) is 0 Å². The Morgan fingerprint density at radius 3 is 2.81 bits per heavy atom. The highest BCUT2D eigenvalue weighted by Crippen LogP contribution is 2.32. The fraction of sp³-hybridized carbons (Fsp3) is 0.750. The quantitative estimate of drug-likeness (QED) is 0.924. The molecule has 4 heteroatoms. The van der Waals surface area contributed by atoms with Gasteiger partial charge in [0.05, 0.1) is 16.4 Å². The van der Waals surface area contributed by atoms with Crippen LogP contribution in [0.4, 0.5) is 0 Å². The van der Waals surface area contributed by atoms with Gasteiger partial charge in [-0.3, -0.25) is 4.68 Å². The third-order valence-electron chi connectivity index (χ3n) is 3.65. The van der Waals surface area contributed by atoms with Gasteiger partial charge in [0.15, 0.2) is 0 Å². The van der Waals surface area contributed by atoms with Crippen molar-refractivity contribution in [3.8, 4) is 0 Å². The molecule has 1 aliphatic rings. The lowest BCUT2D eigenvalue weighted by Crippen LogP contribution is -2.16. The summed E-state index contributed by atoms with van der Waals surface area (Å²) in [6.07, 6.45) is 9.79. The molecule has 1 heterocycles. The Balaban J connectivity index is 1.89. The van der Waals surface area contributed by atoms with Crippen LogP contribution in [0, 0.1) is 5.92 Å². The Morgan fingerprint density at radius 1 is 1.56 bits per heavy atom. The molecule has 0 aromatic carbocycles. The summed E-state index contributed by atoms with van der Waals surface area (Å²) < 4.78 is 2.91. The van der Waals surface area contributed by atoms with Crippen molar-refractivity contribution < 1.29 is 0 Å². The smallest absolute Gasteiger partial charge is 0.0690 e. The van der Waals surface area contributed by atoms with Gasteiger partial charge in [0.2, 0.25) is 0 Å². The highest BCUT2D eigenvalue weighted by atomic mass is 79.9. The predicted octanol–water partition coefficient (Wildman–Crippen LogP) is 3.15. The van der Waals surface area contributed by atoms with Gasteiger partial charge in [-0.2, -0.15) is 5.10 Å². The molecule has 3 nitrogen and oxygen atoms in total. The van der Waals surface area contributed by atoms with Gasteiger partial charge in [-0.1, -0.05) is 25.7 Å². The SMILES string of the molecule is Cn1ncc(Br)c1C(N)CCC1CCCC1. The van der Waals surface area contributed by atoms with Crippen LogP contribution in [0.5, 0.6) is 0 Å². The highest BCUT2D eigenvalue weighted by Gasteiger charge is 2.19. The van der Waals surface area contributed by atoms with E-state index in [0.29, 0.717) is 0 Å². The molecule has 16 heavy (non-hydrogen) atoms. The molecular formula is C12H20BrN3. The molecule has 1 aromatic rings. The Kier molecular flexibility index (Phi) is 4.03. The fourth-order valence-corrected chi connectivity index (χ4v) is 3.33. The summed E-state index contributed by atoms with van der Waals surface area (Å²) in [6.45, 7) is 0. The Labute approximate surface area is 106 Å². The van der Waals surface area contributed by atoms with Crippen molar-refractivity contribution in [3.63, 3.8) is 0 Å². The summed E-state index contributed by atoms with van der Waals surface area (Å²) >= 11 is 3.51. The largest absolute Gasteiger partial charge is 0.323 e. The molecule has 0 amide bonds. The second-order valence-electron chi connectivity index (χ2n) is 4.84. The number of nitrogens with zero attached hydrogens (tertiary/aromatic N) is 2. The van der Waals surface area contributed by atoms with Crippen molar-refractivity contribution in [3.05, 3.63) is 16.4 Å². The van der Waals surface area contributed by atoms with E-state index in [1.807, 2.05) is 17.9 Å². The number of hydrogen-bond acceptors (Lipinski definition) is 2. The molecule has 1 aliphatic carbocycles. The molecule has 0 spiro atoms. The first-order chi connectivity index (χ1) is 7.68. The van der Waals surface area contributed by atoms with Gasteiger partial charge >= 0.3 is 0 Å². The van der Waals surface area contributed by atoms with Crippen molar-refractivity contribution in [1.82, 2.24) is 9.78 Å². The molecule has 1 atom stereocenters. The van der Waals surface area contributed by atoms with E-state index < -0.39 is 0 Å². The molecule has 0 saturated heterocycles. The minimum atomic E-state index is 0.113. The van der Waals surface area contributed by atoms with E-state index >= 15 is 0 Å². The van der Waals surface area contributed by atoms with Crippen LogP contribution in [-0.4, -0.2) is 9.78 Å². The number of nitrogens with two attached hydrogens (primary N) is 1. The number of halogens is 1. The van der Waals surface area contributed by atoms with Crippen molar-refractivity contribution in [2.45, 2.75) is 44.6 Å². The first-order valence-corrected chi connectivity index (χ1v) is 6.90. The first-order valence-electron chi connectivity index (χ1n) is 6.11. The molecule has 2 N–H and O–H groups in total. The summed E-state index contributed by atoms with van der Waals surface area (Å²) in [6, 6.07) is 0.113. The Hall–Kier alpha value is -0.350. The maximum absolute atomic E-state index is 6.23. The van der Waals surface area contributed by atoms with E-state index in [2.05, 4.69) is 21.0 Å². The lowest BCUT2D eigenvalue weighted by atomic mass is 9.97. The number of aryl methyl sites for hydroxylation is 1. The van der Waals surface area contributed by atoms with Gasteiger partial charge in [0, 0.05) is 13.1 Å². The van der Waals surface area contributed by atoms with Gasteiger partial charge in [0.1, 0.15) is 0 Å². The van der Waals surface area contributed by atoms with Crippen molar-refractivity contribution >= 4 is 15.9 Å². The topological polar surface area (TPSA) is 43.8 Å². The zero-order chi connectivity index (χ0) is 11.5. The molecule has 90 valence electrons. The minimum absolute atomic E-state index is 0.113. The number of hydrogen-bond donors (Lipinski definition) is 1. The second-order valence-corrected chi connectivity index (χ2v) is 5.69. The van der Waals surface area contributed by atoms with E-state index in [9.17, 15) is 0 Å². The third-order valence-corrected chi connectivity index (χ3v) is 4.26. The van der Waals surface area contributed by atoms with Crippen molar-refractivity contribution in [2.24, 2.45) is 18.7 Å². The van der Waals surface area contributed by atoms with Crippen LogP contribution < -0.4 is 5.73 Å². The molecule has 1 fully saturated rings. The summed E-state index contributed by atoms with van der Waals surface area (Å²) in [5.41, 5.74) is 7.35. The minimum Gasteiger partial charge on any atom is -0.323 e. The third kappa shape index (κ3) is 2.66. The maximum atomic E-state index is 6.23. The monoisotopic (exact) mass is 285 g/mol. The summed E-state index contributed by atoms with van der Waals surface area (Å²) in [5.74, 6) is 0.915. The molecule has 1 saturated carbocycles. The summed E-state index contributed by atoms with van der Waals surface area (Å²) in [7, 11) is 1.95. The highest BCUT2D eigenvalue weighted by molar-refractivity contribution is 9.10. The molecule has 0 radical (unpaired) electrons. The van der Waals surface area contributed by atoms with Gasteiger partial charge in [-0.25, -0.2) is 0 Å². The molecular weight excluding hydrogens is 266 g/mol. The average molecular weight is 286 g/mol. The van der Waals surface area contributed by atoms with Crippen LogP contribution in [0.3, 0.4) is 0 Å². The summed E-state index contributed by atoms with van der Waals surface area (Å²) in [5, 5.41) is 4.21. The Morgan fingerprint density at radius 2 is 2.25 bits per heavy atom. The lowest BCUT2D eigenvalue weighted by Gasteiger charge is -2.15. The molecule has 2 rings (SSSR count). The van der Waals surface area contributed by atoms with E-state index in [1.165, 1.54) is 32.1 Å². The zero-order valence-corrected chi connectivity index (χ0v) is 11.4. The lowest BCUT2D eigenvalue weighted by molar-refractivity contribution is 0.443. The van der Waals surface area contributed by atoms with Crippen LogP contribution >= 0.6 is 15.9 Å².